The number of anilines is 1. The molecule has 21 heavy (non-hydrogen) atoms. The first-order valence-electron chi connectivity index (χ1n) is 7.33. The molecule has 1 fully saturated rings. The molecular formula is C16H19N3O2. The zero-order chi connectivity index (χ0) is 14.7. The number of amides is 1. The summed E-state index contributed by atoms with van der Waals surface area (Å²) in [5, 5.41) is 3.86. The molecule has 2 heterocycles. The molecule has 1 aliphatic heterocycles. The topological polar surface area (TPSA) is 49.6 Å². The summed E-state index contributed by atoms with van der Waals surface area (Å²) in [7, 11) is 0. The molecule has 1 aromatic carbocycles. The fraction of sp³-hybridized carbons (Fsp3) is 0.375. The van der Waals surface area contributed by atoms with E-state index >= 15 is 0 Å². The highest BCUT2D eigenvalue weighted by Gasteiger charge is 2.24. The Morgan fingerprint density at radius 3 is 2.52 bits per heavy atom. The van der Waals surface area contributed by atoms with E-state index in [1.807, 2.05) is 30.0 Å². The van der Waals surface area contributed by atoms with Crippen molar-refractivity contribution in [2.45, 2.75) is 13.3 Å². The van der Waals surface area contributed by atoms with Crippen LogP contribution in [0.1, 0.15) is 23.2 Å². The molecule has 5 nitrogen and oxygen atoms in total. The number of piperazine rings is 1. The van der Waals surface area contributed by atoms with Gasteiger partial charge in [-0.1, -0.05) is 30.3 Å². The van der Waals surface area contributed by atoms with Crippen LogP contribution >= 0.6 is 0 Å². The Hall–Kier alpha value is -2.30. The second-order valence-corrected chi connectivity index (χ2v) is 5.15. The van der Waals surface area contributed by atoms with E-state index in [9.17, 15) is 4.79 Å². The van der Waals surface area contributed by atoms with Crippen molar-refractivity contribution >= 4 is 11.6 Å². The monoisotopic (exact) mass is 285 g/mol. The number of aryl methyl sites for hydroxylation is 1. The molecule has 1 aromatic heterocycles. The molecule has 0 saturated carbocycles. The summed E-state index contributed by atoms with van der Waals surface area (Å²) in [6, 6.07) is 12.0. The van der Waals surface area contributed by atoms with E-state index in [4.69, 9.17) is 4.52 Å². The van der Waals surface area contributed by atoms with E-state index in [0.717, 1.165) is 25.3 Å². The minimum atomic E-state index is -0.0360. The number of carbonyl (C=O) groups is 1. The number of hydrogen-bond acceptors (Lipinski definition) is 4. The quantitative estimate of drug-likeness (QED) is 0.867. The summed E-state index contributed by atoms with van der Waals surface area (Å²) in [6.45, 7) is 5.08. The van der Waals surface area contributed by atoms with Gasteiger partial charge in [-0.25, -0.2) is 0 Å². The first-order chi connectivity index (χ1) is 10.3. The van der Waals surface area contributed by atoms with Crippen molar-refractivity contribution in [3.63, 3.8) is 0 Å². The second-order valence-electron chi connectivity index (χ2n) is 5.15. The molecule has 1 amide bonds. The van der Waals surface area contributed by atoms with Crippen LogP contribution in [0.25, 0.3) is 0 Å². The van der Waals surface area contributed by atoms with Gasteiger partial charge in [0.05, 0.1) is 0 Å². The summed E-state index contributed by atoms with van der Waals surface area (Å²) in [5.41, 5.74) is 1.62. The van der Waals surface area contributed by atoms with Crippen LogP contribution in [0.4, 0.5) is 5.69 Å². The lowest BCUT2D eigenvalue weighted by atomic mass is 10.2. The van der Waals surface area contributed by atoms with Crippen molar-refractivity contribution in [1.29, 1.82) is 0 Å². The fourth-order valence-electron chi connectivity index (χ4n) is 2.55. The van der Waals surface area contributed by atoms with Crippen molar-refractivity contribution < 1.29 is 9.32 Å². The number of para-hydroxylation sites is 1. The highest BCUT2D eigenvalue weighted by Crippen LogP contribution is 2.17. The number of hydrogen-bond donors (Lipinski definition) is 0. The maximum Gasteiger partial charge on any atom is 0.276 e. The zero-order valence-corrected chi connectivity index (χ0v) is 12.2. The van der Waals surface area contributed by atoms with Gasteiger partial charge < -0.3 is 14.3 Å². The van der Waals surface area contributed by atoms with Gasteiger partial charge in [0.2, 0.25) is 0 Å². The molecule has 1 aliphatic rings. The van der Waals surface area contributed by atoms with Gasteiger partial charge in [0, 0.05) is 44.4 Å². The molecular weight excluding hydrogens is 266 g/mol. The van der Waals surface area contributed by atoms with E-state index in [2.05, 4.69) is 22.2 Å². The van der Waals surface area contributed by atoms with E-state index in [1.54, 1.807) is 6.07 Å². The number of nitrogens with zero attached hydrogens (tertiary/aromatic N) is 3. The Bertz CT molecular complexity index is 601. The van der Waals surface area contributed by atoms with Gasteiger partial charge in [0.25, 0.3) is 5.91 Å². The third kappa shape index (κ3) is 2.91. The molecule has 5 heteroatoms. The maximum atomic E-state index is 12.4. The van der Waals surface area contributed by atoms with Crippen LogP contribution < -0.4 is 4.90 Å². The van der Waals surface area contributed by atoms with Gasteiger partial charge >= 0.3 is 0 Å². The molecule has 2 aromatic rings. The molecule has 1 saturated heterocycles. The lowest BCUT2D eigenvalue weighted by molar-refractivity contribution is 0.0736. The van der Waals surface area contributed by atoms with Crippen molar-refractivity contribution in [1.82, 2.24) is 10.1 Å². The smallest absolute Gasteiger partial charge is 0.276 e. The lowest BCUT2D eigenvalue weighted by Gasteiger charge is -2.35. The largest absolute Gasteiger partial charge is 0.368 e. The summed E-state index contributed by atoms with van der Waals surface area (Å²) in [5.74, 6) is 0.715. The molecule has 0 aliphatic carbocycles. The van der Waals surface area contributed by atoms with Crippen molar-refractivity contribution in [3.8, 4) is 0 Å². The third-order valence-corrected chi connectivity index (χ3v) is 3.81. The molecule has 110 valence electrons. The standard InChI is InChI=1S/C16H19N3O2/c1-2-14-12-15(17-21-14)16(20)19-10-8-18(9-11-19)13-6-4-3-5-7-13/h3-7,12H,2,8-11H2,1H3. The lowest BCUT2D eigenvalue weighted by Crippen LogP contribution is -2.48. The predicted molar refractivity (Wildman–Crippen MR) is 80.4 cm³/mol. The maximum absolute atomic E-state index is 12.4. The third-order valence-electron chi connectivity index (χ3n) is 3.81. The summed E-state index contributed by atoms with van der Waals surface area (Å²) in [6.07, 6.45) is 0.752. The van der Waals surface area contributed by atoms with Gasteiger partial charge in [-0.05, 0) is 12.1 Å². The number of aromatic nitrogens is 1. The number of rotatable bonds is 3. The van der Waals surface area contributed by atoms with Crippen LogP contribution in [0, 0.1) is 0 Å². The van der Waals surface area contributed by atoms with Crippen LogP contribution in [0.3, 0.4) is 0 Å². The van der Waals surface area contributed by atoms with Gasteiger partial charge in [0.1, 0.15) is 5.76 Å². The van der Waals surface area contributed by atoms with Gasteiger partial charge in [-0.2, -0.15) is 0 Å². The predicted octanol–water partition coefficient (Wildman–Crippen LogP) is 2.20. The van der Waals surface area contributed by atoms with E-state index in [-0.39, 0.29) is 5.91 Å². The molecule has 3 rings (SSSR count). The Labute approximate surface area is 124 Å². The highest BCUT2D eigenvalue weighted by molar-refractivity contribution is 5.92. The Morgan fingerprint density at radius 2 is 1.90 bits per heavy atom. The Morgan fingerprint density at radius 1 is 1.19 bits per heavy atom. The minimum absolute atomic E-state index is 0.0360. The number of carbonyl (C=O) groups excluding carboxylic acids is 1. The van der Waals surface area contributed by atoms with E-state index < -0.39 is 0 Å². The van der Waals surface area contributed by atoms with Crippen LogP contribution in [0.2, 0.25) is 0 Å². The van der Waals surface area contributed by atoms with Gasteiger partial charge in [-0.15, -0.1) is 0 Å². The number of benzene rings is 1. The average Bonchev–Trinajstić information content (AvgIpc) is 3.04. The second kappa shape index (κ2) is 5.99. The average molecular weight is 285 g/mol. The first-order valence-corrected chi connectivity index (χ1v) is 7.33. The van der Waals surface area contributed by atoms with Crippen LogP contribution in [0.5, 0.6) is 0 Å². The van der Waals surface area contributed by atoms with Crippen molar-refractivity contribution in [3.05, 3.63) is 47.9 Å². The Kier molecular flexibility index (Phi) is 3.90. The zero-order valence-electron chi connectivity index (χ0n) is 12.2. The minimum Gasteiger partial charge on any atom is -0.368 e. The van der Waals surface area contributed by atoms with Gasteiger partial charge in [0.15, 0.2) is 5.69 Å². The summed E-state index contributed by atoms with van der Waals surface area (Å²) >= 11 is 0. The SMILES string of the molecule is CCc1cc(C(=O)N2CCN(c3ccccc3)CC2)no1. The van der Waals surface area contributed by atoms with Gasteiger partial charge in [-0.3, -0.25) is 4.79 Å². The van der Waals surface area contributed by atoms with Crippen molar-refractivity contribution in [2.75, 3.05) is 31.1 Å². The van der Waals surface area contributed by atoms with Crippen molar-refractivity contribution in [2.24, 2.45) is 0 Å². The molecule has 0 N–H and O–H groups in total. The van der Waals surface area contributed by atoms with E-state index in [1.165, 1.54) is 5.69 Å². The first kappa shape index (κ1) is 13.7. The fourth-order valence-corrected chi connectivity index (χ4v) is 2.55. The molecule has 0 unspecified atom stereocenters. The van der Waals surface area contributed by atoms with Crippen LogP contribution in [-0.4, -0.2) is 42.1 Å². The molecule has 0 radical (unpaired) electrons. The normalized spacial score (nSPS) is 15.3. The van der Waals surface area contributed by atoms with E-state index in [0.29, 0.717) is 18.8 Å². The molecule has 0 bridgehead atoms. The highest BCUT2D eigenvalue weighted by atomic mass is 16.5. The van der Waals surface area contributed by atoms with Crippen LogP contribution in [0.15, 0.2) is 40.9 Å². The Balaban J connectivity index is 1.61. The molecule has 0 atom stereocenters. The summed E-state index contributed by atoms with van der Waals surface area (Å²) in [4.78, 5) is 16.5. The summed E-state index contributed by atoms with van der Waals surface area (Å²) < 4.78 is 5.11. The molecule has 0 spiro atoms. The van der Waals surface area contributed by atoms with Crippen LogP contribution in [-0.2, 0) is 6.42 Å².